The molecule has 0 spiro atoms. The van der Waals surface area contributed by atoms with Gasteiger partial charge in [-0.15, -0.1) is 11.8 Å². The van der Waals surface area contributed by atoms with Crippen LogP contribution in [-0.4, -0.2) is 23.4 Å². The molecule has 0 fully saturated rings. The van der Waals surface area contributed by atoms with Gasteiger partial charge in [-0.25, -0.2) is 0 Å². The highest BCUT2D eigenvalue weighted by Crippen LogP contribution is 2.49. The summed E-state index contributed by atoms with van der Waals surface area (Å²) in [6, 6.07) is 17.9. The van der Waals surface area contributed by atoms with Gasteiger partial charge >= 0.3 is 0 Å². The van der Waals surface area contributed by atoms with Gasteiger partial charge in [-0.1, -0.05) is 61.9 Å². The van der Waals surface area contributed by atoms with Crippen molar-refractivity contribution in [1.82, 2.24) is 4.90 Å². The second-order valence-corrected chi connectivity index (χ2v) is 9.55. The van der Waals surface area contributed by atoms with Crippen LogP contribution in [0.4, 0.5) is 0 Å². The van der Waals surface area contributed by atoms with E-state index >= 15 is 0 Å². The molecule has 1 aliphatic carbocycles. The van der Waals surface area contributed by atoms with Gasteiger partial charge in [-0.2, -0.15) is 0 Å². The van der Waals surface area contributed by atoms with E-state index in [4.69, 9.17) is 5.73 Å². The monoisotopic (exact) mass is 388 g/mol. The second-order valence-electron chi connectivity index (χ2n) is 8.31. The fourth-order valence-corrected chi connectivity index (χ4v) is 6.29. The van der Waals surface area contributed by atoms with Crippen LogP contribution in [0.25, 0.3) is 6.08 Å². The summed E-state index contributed by atoms with van der Waals surface area (Å²) in [6.45, 7) is 5.43. The number of thioether (sulfide) groups is 1. The number of hydrogen-bond donors (Lipinski definition) is 1. The van der Waals surface area contributed by atoms with Crippen molar-refractivity contribution in [2.75, 3.05) is 13.1 Å². The number of fused-ring (bicyclic) bond motifs is 1. The van der Waals surface area contributed by atoms with E-state index in [1.165, 1.54) is 39.2 Å². The van der Waals surface area contributed by atoms with Gasteiger partial charge in [0.25, 0.3) is 0 Å². The molecule has 2 aromatic carbocycles. The fraction of sp³-hybridized carbons (Fsp3) is 0.360. The molecular weight excluding hydrogens is 360 g/mol. The number of nitrogens with zero attached hydrogens (tertiary/aromatic N) is 1. The normalized spacial score (nSPS) is 23.9. The van der Waals surface area contributed by atoms with Crippen molar-refractivity contribution in [3.05, 3.63) is 86.8 Å². The summed E-state index contributed by atoms with van der Waals surface area (Å²) in [5.74, 6) is 0.554. The molecule has 0 radical (unpaired) electrons. The molecule has 5 rings (SSSR count). The third kappa shape index (κ3) is 3.36. The molecule has 2 nitrogen and oxygen atoms in total. The smallest absolute Gasteiger partial charge is 0.0811 e. The van der Waals surface area contributed by atoms with Crippen molar-refractivity contribution in [2.45, 2.75) is 38.1 Å². The molecule has 0 bridgehead atoms. The number of hydrogen-bond acceptors (Lipinski definition) is 3. The lowest BCUT2D eigenvalue weighted by Crippen LogP contribution is -2.36. The molecule has 144 valence electrons. The SMILES string of the molecule is CCCc1ccc2c(c1)CC1CN(Cc3ccccc3)CC3=C1C(=C2)C(N)S3. The minimum atomic E-state index is 0.0884. The number of rotatable bonds is 4. The molecule has 2 unspecified atom stereocenters. The Kier molecular flexibility index (Phi) is 4.92. The Bertz CT molecular complexity index is 944. The molecule has 0 saturated carbocycles. The lowest BCUT2D eigenvalue weighted by molar-refractivity contribution is 0.243. The molecule has 3 heteroatoms. The Morgan fingerprint density at radius 3 is 2.79 bits per heavy atom. The predicted octanol–water partition coefficient (Wildman–Crippen LogP) is 5.00. The maximum absolute atomic E-state index is 6.58. The zero-order valence-electron chi connectivity index (χ0n) is 16.5. The molecule has 2 N–H and O–H groups in total. The molecule has 3 aliphatic rings. The van der Waals surface area contributed by atoms with Gasteiger partial charge in [0.05, 0.1) is 5.37 Å². The van der Waals surface area contributed by atoms with Gasteiger partial charge < -0.3 is 5.73 Å². The Hall–Kier alpha value is -1.81. The molecule has 2 heterocycles. The topological polar surface area (TPSA) is 29.3 Å². The Morgan fingerprint density at radius 1 is 1.11 bits per heavy atom. The van der Waals surface area contributed by atoms with Crippen molar-refractivity contribution in [3.8, 4) is 0 Å². The summed E-state index contributed by atoms with van der Waals surface area (Å²) in [5.41, 5.74) is 15.3. The zero-order chi connectivity index (χ0) is 19.1. The van der Waals surface area contributed by atoms with Crippen molar-refractivity contribution in [3.63, 3.8) is 0 Å². The largest absolute Gasteiger partial charge is 0.315 e. The summed E-state index contributed by atoms with van der Waals surface area (Å²) in [5, 5.41) is 0.0884. The van der Waals surface area contributed by atoms with Crippen LogP contribution in [0.15, 0.2) is 64.6 Å². The first-order valence-electron chi connectivity index (χ1n) is 10.5. The molecule has 0 amide bonds. The first-order chi connectivity index (χ1) is 13.7. The molecule has 2 aromatic rings. The first kappa shape index (κ1) is 18.2. The van der Waals surface area contributed by atoms with Crippen LogP contribution in [0, 0.1) is 5.92 Å². The predicted molar refractivity (Wildman–Crippen MR) is 120 cm³/mol. The Morgan fingerprint density at radius 2 is 1.96 bits per heavy atom. The molecular formula is C25H28N2S. The van der Waals surface area contributed by atoms with Crippen LogP contribution in [0.3, 0.4) is 0 Å². The van der Waals surface area contributed by atoms with Crippen LogP contribution in [0.5, 0.6) is 0 Å². The fourth-order valence-electron chi connectivity index (χ4n) is 4.99. The quantitative estimate of drug-likeness (QED) is 0.799. The van der Waals surface area contributed by atoms with E-state index in [1.54, 1.807) is 5.57 Å². The molecule has 0 aromatic heterocycles. The van der Waals surface area contributed by atoms with E-state index in [0.717, 1.165) is 32.5 Å². The van der Waals surface area contributed by atoms with E-state index in [2.05, 4.69) is 66.4 Å². The maximum atomic E-state index is 6.58. The highest BCUT2D eigenvalue weighted by atomic mass is 32.2. The number of nitrogens with two attached hydrogens (primary N) is 1. The lowest BCUT2D eigenvalue weighted by Gasteiger charge is -2.34. The lowest BCUT2D eigenvalue weighted by atomic mass is 9.86. The number of aryl methyl sites for hydroxylation is 1. The Balaban J connectivity index is 1.49. The summed E-state index contributed by atoms with van der Waals surface area (Å²) < 4.78 is 0. The van der Waals surface area contributed by atoms with Crippen LogP contribution in [-0.2, 0) is 19.4 Å². The van der Waals surface area contributed by atoms with Crippen LogP contribution in [0.2, 0.25) is 0 Å². The van der Waals surface area contributed by atoms with Gasteiger partial charge in [0.15, 0.2) is 0 Å². The van der Waals surface area contributed by atoms with Crippen molar-refractivity contribution in [2.24, 2.45) is 11.7 Å². The van der Waals surface area contributed by atoms with Crippen LogP contribution < -0.4 is 5.73 Å². The van der Waals surface area contributed by atoms with E-state index < -0.39 is 0 Å². The highest BCUT2D eigenvalue weighted by molar-refractivity contribution is 8.04. The molecule has 2 atom stereocenters. The second kappa shape index (κ2) is 7.55. The van der Waals surface area contributed by atoms with Gasteiger partial charge in [-0.05, 0) is 52.3 Å². The van der Waals surface area contributed by atoms with Crippen molar-refractivity contribution < 1.29 is 0 Å². The minimum Gasteiger partial charge on any atom is -0.315 e. The standard InChI is InChI=1S/C25H28N2S/c1-2-6-17-9-10-19-13-22-24-21(12-20(19)11-17)15-27(16-23(24)28-25(22)26)14-18-7-4-3-5-8-18/h3-5,7-11,13,21,25H,2,6,12,14-16,26H2,1H3. The zero-order valence-corrected chi connectivity index (χ0v) is 17.3. The number of benzene rings is 2. The van der Waals surface area contributed by atoms with E-state index in [-0.39, 0.29) is 5.37 Å². The molecule has 2 aliphatic heterocycles. The van der Waals surface area contributed by atoms with Crippen LogP contribution in [0.1, 0.15) is 35.6 Å². The third-order valence-corrected chi connectivity index (χ3v) is 7.35. The summed E-state index contributed by atoms with van der Waals surface area (Å²) in [6.07, 6.45) is 5.88. The average molecular weight is 389 g/mol. The highest BCUT2D eigenvalue weighted by Gasteiger charge is 2.39. The van der Waals surface area contributed by atoms with Gasteiger partial charge in [0.2, 0.25) is 0 Å². The molecule has 0 saturated heterocycles. The summed E-state index contributed by atoms with van der Waals surface area (Å²) >= 11 is 1.88. The van der Waals surface area contributed by atoms with Crippen LogP contribution >= 0.6 is 11.8 Å². The van der Waals surface area contributed by atoms with E-state index in [9.17, 15) is 0 Å². The summed E-state index contributed by atoms with van der Waals surface area (Å²) in [4.78, 5) is 4.12. The van der Waals surface area contributed by atoms with Crippen molar-refractivity contribution in [1.29, 1.82) is 0 Å². The minimum absolute atomic E-state index is 0.0884. The van der Waals surface area contributed by atoms with Gasteiger partial charge in [-0.3, -0.25) is 4.90 Å². The molecule has 28 heavy (non-hydrogen) atoms. The summed E-state index contributed by atoms with van der Waals surface area (Å²) in [7, 11) is 0. The maximum Gasteiger partial charge on any atom is 0.0811 e. The van der Waals surface area contributed by atoms with Gasteiger partial charge in [0, 0.05) is 30.5 Å². The van der Waals surface area contributed by atoms with E-state index in [1.807, 2.05) is 11.8 Å². The van der Waals surface area contributed by atoms with Gasteiger partial charge in [0.1, 0.15) is 0 Å². The van der Waals surface area contributed by atoms with Crippen molar-refractivity contribution >= 4 is 17.8 Å². The Labute approximate surface area is 172 Å². The van der Waals surface area contributed by atoms with E-state index in [0.29, 0.717) is 5.92 Å². The first-order valence-corrected chi connectivity index (χ1v) is 11.3. The third-order valence-electron chi connectivity index (χ3n) is 6.21. The average Bonchev–Trinajstić information content (AvgIpc) is 2.90.